The molecule has 0 aromatic heterocycles. The minimum Gasteiger partial charge on any atom is -0.396 e. The van der Waals surface area contributed by atoms with Crippen LogP contribution < -0.4 is 5.32 Å². The maximum Gasteiger partial charge on any atom is 0.0465 e. The molecule has 4 heteroatoms. The first-order valence-corrected chi connectivity index (χ1v) is 5.68. The summed E-state index contributed by atoms with van der Waals surface area (Å²) in [5, 5.41) is 13.3. The van der Waals surface area contributed by atoms with Crippen LogP contribution in [0.15, 0.2) is 18.2 Å². The lowest BCUT2D eigenvalue weighted by Crippen LogP contribution is -2.26. The van der Waals surface area contributed by atoms with E-state index < -0.39 is 0 Å². The van der Waals surface area contributed by atoms with Crippen LogP contribution in [0.25, 0.3) is 0 Å². The van der Waals surface area contributed by atoms with Crippen LogP contribution in [-0.4, -0.2) is 17.8 Å². The highest BCUT2D eigenvalue weighted by atomic mass is 35.5. The van der Waals surface area contributed by atoms with Gasteiger partial charge in [-0.25, -0.2) is 0 Å². The molecule has 0 saturated carbocycles. The van der Waals surface area contributed by atoms with Gasteiger partial charge in [0.05, 0.1) is 0 Å². The Morgan fingerprint density at radius 1 is 1.33 bits per heavy atom. The van der Waals surface area contributed by atoms with E-state index in [1.807, 2.05) is 25.1 Å². The van der Waals surface area contributed by atoms with Crippen LogP contribution in [0.4, 0.5) is 0 Å². The standard InChI is InChI=1S/C11H15Cl2NO/c1-8(5-6-15)14-7-9-10(12)3-2-4-11(9)13/h2-4,8,14-15H,5-7H2,1H3. The molecule has 1 aromatic carbocycles. The Morgan fingerprint density at radius 3 is 2.47 bits per heavy atom. The van der Waals surface area contributed by atoms with Crippen molar-refractivity contribution in [1.82, 2.24) is 5.32 Å². The Balaban J connectivity index is 2.57. The normalized spacial score (nSPS) is 12.8. The summed E-state index contributed by atoms with van der Waals surface area (Å²) in [6.45, 7) is 2.82. The summed E-state index contributed by atoms with van der Waals surface area (Å²) in [5.41, 5.74) is 0.908. The van der Waals surface area contributed by atoms with Crippen molar-refractivity contribution >= 4 is 23.2 Å². The van der Waals surface area contributed by atoms with Crippen molar-refractivity contribution in [1.29, 1.82) is 0 Å². The van der Waals surface area contributed by atoms with Crippen LogP contribution in [0.2, 0.25) is 10.0 Å². The minimum atomic E-state index is 0.185. The van der Waals surface area contributed by atoms with Crippen molar-refractivity contribution < 1.29 is 5.11 Å². The van der Waals surface area contributed by atoms with Crippen LogP contribution in [0.1, 0.15) is 18.9 Å². The molecule has 0 spiro atoms. The summed E-state index contributed by atoms with van der Waals surface area (Å²) in [6, 6.07) is 5.72. The fourth-order valence-electron chi connectivity index (χ4n) is 1.27. The summed E-state index contributed by atoms with van der Waals surface area (Å²) in [6.07, 6.45) is 0.724. The Bertz CT molecular complexity index is 297. The van der Waals surface area contributed by atoms with Gasteiger partial charge in [0.25, 0.3) is 0 Å². The van der Waals surface area contributed by atoms with E-state index in [0.29, 0.717) is 16.6 Å². The van der Waals surface area contributed by atoms with Gasteiger partial charge in [0.15, 0.2) is 0 Å². The minimum absolute atomic E-state index is 0.185. The average molecular weight is 248 g/mol. The zero-order valence-corrected chi connectivity index (χ0v) is 10.1. The van der Waals surface area contributed by atoms with Crippen molar-refractivity contribution in [3.63, 3.8) is 0 Å². The number of nitrogens with one attached hydrogen (secondary N) is 1. The van der Waals surface area contributed by atoms with Crippen molar-refractivity contribution in [3.05, 3.63) is 33.8 Å². The Labute approximate surface area is 100 Å². The number of rotatable bonds is 5. The maximum atomic E-state index is 8.75. The third-order valence-corrected chi connectivity index (χ3v) is 2.96. The van der Waals surface area contributed by atoms with E-state index in [1.54, 1.807) is 0 Å². The van der Waals surface area contributed by atoms with Crippen LogP contribution >= 0.6 is 23.2 Å². The van der Waals surface area contributed by atoms with Crippen LogP contribution in [0.5, 0.6) is 0 Å². The monoisotopic (exact) mass is 247 g/mol. The lowest BCUT2D eigenvalue weighted by Gasteiger charge is -2.13. The lowest BCUT2D eigenvalue weighted by atomic mass is 10.2. The molecule has 0 bridgehead atoms. The van der Waals surface area contributed by atoms with Gasteiger partial charge < -0.3 is 10.4 Å². The number of aliphatic hydroxyl groups is 1. The predicted molar refractivity (Wildman–Crippen MR) is 64.5 cm³/mol. The molecule has 84 valence electrons. The SMILES string of the molecule is CC(CCO)NCc1c(Cl)cccc1Cl. The highest BCUT2D eigenvalue weighted by Gasteiger charge is 2.06. The third kappa shape index (κ3) is 3.99. The van der Waals surface area contributed by atoms with Gasteiger partial charge in [-0.15, -0.1) is 0 Å². The van der Waals surface area contributed by atoms with E-state index in [1.165, 1.54) is 0 Å². The molecule has 0 fully saturated rings. The Kier molecular flexibility index (Phi) is 5.40. The van der Waals surface area contributed by atoms with Crippen molar-refractivity contribution in [2.75, 3.05) is 6.61 Å². The molecule has 0 amide bonds. The van der Waals surface area contributed by atoms with Gasteiger partial charge in [0.2, 0.25) is 0 Å². The molecule has 0 radical (unpaired) electrons. The molecule has 0 heterocycles. The summed E-state index contributed by atoms with van der Waals surface area (Å²) < 4.78 is 0. The van der Waals surface area contributed by atoms with Gasteiger partial charge in [-0.3, -0.25) is 0 Å². The second-order valence-electron chi connectivity index (χ2n) is 3.49. The molecule has 0 aliphatic heterocycles. The van der Waals surface area contributed by atoms with Gasteiger partial charge in [0, 0.05) is 34.8 Å². The lowest BCUT2D eigenvalue weighted by molar-refractivity contribution is 0.268. The average Bonchev–Trinajstić information content (AvgIpc) is 2.17. The smallest absolute Gasteiger partial charge is 0.0465 e. The van der Waals surface area contributed by atoms with Crippen LogP contribution in [0, 0.1) is 0 Å². The summed E-state index contributed by atoms with van der Waals surface area (Å²) in [7, 11) is 0. The molecular formula is C11H15Cl2NO. The second kappa shape index (κ2) is 6.33. The first-order chi connectivity index (χ1) is 7.15. The predicted octanol–water partition coefficient (Wildman–Crippen LogP) is 2.85. The van der Waals surface area contributed by atoms with Crippen molar-refractivity contribution in [2.45, 2.75) is 25.9 Å². The van der Waals surface area contributed by atoms with E-state index in [4.69, 9.17) is 28.3 Å². The van der Waals surface area contributed by atoms with Gasteiger partial charge in [-0.2, -0.15) is 0 Å². The fraction of sp³-hybridized carbons (Fsp3) is 0.455. The second-order valence-corrected chi connectivity index (χ2v) is 4.31. The summed E-state index contributed by atoms with van der Waals surface area (Å²) in [5.74, 6) is 0. The van der Waals surface area contributed by atoms with Gasteiger partial charge in [0.1, 0.15) is 0 Å². The van der Waals surface area contributed by atoms with E-state index in [-0.39, 0.29) is 12.6 Å². The van der Waals surface area contributed by atoms with E-state index in [9.17, 15) is 0 Å². The molecule has 1 unspecified atom stereocenters. The Hall–Kier alpha value is -0.280. The fourth-order valence-corrected chi connectivity index (χ4v) is 1.80. The van der Waals surface area contributed by atoms with Gasteiger partial charge in [-0.05, 0) is 25.5 Å². The maximum absolute atomic E-state index is 8.75. The number of aliphatic hydroxyl groups excluding tert-OH is 1. The molecule has 2 N–H and O–H groups in total. The number of hydrogen-bond acceptors (Lipinski definition) is 2. The molecule has 0 aliphatic rings. The topological polar surface area (TPSA) is 32.3 Å². The quantitative estimate of drug-likeness (QED) is 0.839. The number of hydrogen-bond donors (Lipinski definition) is 2. The largest absolute Gasteiger partial charge is 0.396 e. The number of benzene rings is 1. The molecule has 0 aliphatic carbocycles. The highest BCUT2D eigenvalue weighted by molar-refractivity contribution is 6.35. The molecule has 1 aromatic rings. The first-order valence-electron chi connectivity index (χ1n) is 4.92. The highest BCUT2D eigenvalue weighted by Crippen LogP contribution is 2.23. The summed E-state index contributed by atoms with van der Waals surface area (Å²) >= 11 is 12.0. The van der Waals surface area contributed by atoms with Crippen molar-refractivity contribution in [3.8, 4) is 0 Å². The van der Waals surface area contributed by atoms with E-state index >= 15 is 0 Å². The zero-order valence-electron chi connectivity index (χ0n) is 8.63. The molecule has 15 heavy (non-hydrogen) atoms. The third-order valence-electron chi connectivity index (χ3n) is 2.25. The van der Waals surface area contributed by atoms with E-state index in [0.717, 1.165) is 12.0 Å². The van der Waals surface area contributed by atoms with Crippen molar-refractivity contribution in [2.24, 2.45) is 0 Å². The van der Waals surface area contributed by atoms with Crippen LogP contribution in [-0.2, 0) is 6.54 Å². The molecular weight excluding hydrogens is 233 g/mol. The number of halogens is 2. The van der Waals surface area contributed by atoms with Gasteiger partial charge in [-0.1, -0.05) is 29.3 Å². The molecule has 1 atom stereocenters. The first kappa shape index (κ1) is 12.8. The summed E-state index contributed by atoms with van der Waals surface area (Å²) in [4.78, 5) is 0. The zero-order chi connectivity index (χ0) is 11.3. The molecule has 0 saturated heterocycles. The van der Waals surface area contributed by atoms with E-state index in [2.05, 4.69) is 5.32 Å². The Morgan fingerprint density at radius 2 is 1.93 bits per heavy atom. The van der Waals surface area contributed by atoms with Gasteiger partial charge >= 0.3 is 0 Å². The molecule has 2 nitrogen and oxygen atoms in total. The van der Waals surface area contributed by atoms with Crippen LogP contribution in [0.3, 0.4) is 0 Å². The molecule has 1 rings (SSSR count).